The van der Waals surface area contributed by atoms with Crippen LogP contribution in [0, 0.1) is 0 Å². The summed E-state index contributed by atoms with van der Waals surface area (Å²) in [5, 5.41) is 9.39. The predicted molar refractivity (Wildman–Crippen MR) is 57.5 cm³/mol. The highest BCUT2D eigenvalue weighted by molar-refractivity contribution is 6.02. The van der Waals surface area contributed by atoms with Crippen molar-refractivity contribution in [2.24, 2.45) is 0 Å². The Hall–Kier alpha value is -2.37. The van der Waals surface area contributed by atoms with E-state index in [1.165, 1.54) is 7.11 Å². The summed E-state index contributed by atoms with van der Waals surface area (Å²) in [5.74, 6) is -0.768. The number of rotatable bonds is 2. The fraction of sp³-hybridized carbons (Fsp3) is 0.100. The number of carboxylic acid groups (broad SMARTS) is 1. The minimum atomic E-state index is -1.15. The number of anilines is 1. The summed E-state index contributed by atoms with van der Waals surface area (Å²) >= 11 is 0. The zero-order valence-corrected chi connectivity index (χ0v) is 8.47. The van der Waals surface area contributed by atoms with Crippen molar-refractivity contribution in [3.63, 3.8) is 0 Å². The maximum atomic E-state index is 11.0. The van der Waals surface area contributed by atoms with Gasteiger partial charge in [0.1, 0.15) is 11.3 Å². The van der Waals surface area contributed by atoms with E-state index in [9.17, 15) is 4.79 Å². The van der Waals surface area contributed by atoms with Crippen molar-refractivity contribution in [1.82, 2.24) is 9.97 Å². The van der Waals surface area contributed by atoms with Crippen molar-refractivity contribution < 1.29 is 14.6 Å². The minimum Gasteiger partial charge on any atom is -0.494 e. The van der Waals surface area contributed by atoms with Crippen LogP contribution in [0.1, 0.15) is 10.5 Å². The highest BCUT2D eigenvalue weighted by Crippen LogP contribution is 2.25. The van der Waals surface area contributed by atoms with E-state index in [1.807, 2.05) is 0 Å². The second-order valence-corrected chi connectivity index (χ2v) is 3.09. The highest BCUT2D eigenvalue weighted by Gasteiger charge is 2.14. The number of aromatic nitrogens is 2. The number of nitrogens with two attached hydrogens (primary N) is 1. The van der Waals surface area contributed by atoms with Crippen molar-refractivity contribution >= 4 is 22.8 Å². The van der Waals surface area contributed by atoms with Crippen molar-refractivity contribution in [2.75, 3.05) is 12.8 Å². The van der Waals surface area contributed by atoms with Crippen LogP contribution in [0.3, 0.4) is 0 Å². The Morgan fingerprint density at radius 1 is 1.44 bits per heavy atom. The molecule has 0 fully saturated rings. The Labute approximate surface area is 90.7 Å². The van der Waals surface area contributed by atoms with Gasteiger partial charge in [0.2, 0.25) is 5.95 Å². The van der Waals surface area contributed by atoms with Crippen molar-refractivity contribution in [3.8, 4) is 5.75 Å². The first-order chi connectivity index (χ1) is 7.63. The second-order valence-electron chi connectivity index (χ2n) is 3.09. The third-order valence-corrected chi connectivity index (χ3v) is 2.13. The van der Waals surface area contributed by atoms with Gasteiger partial charge in [0.05, 0.1) is 7.11 Å². The molecule has 3 N–H and O–H groups in total. The van der Waals surface area contributed by atoms with Gasteiger partial charge in [0.25, 0.3) is 0 Å². The van der Waals surface area contributed by atoms with Gasteiger partial charge in [-0.05, 0) is 6.07 Å². The van der Waals surface area contributed by atoms with Gasteiger partial charge in [0, 0.05) is 5.39 Å². The Kier molecular flexibility index (Phi) is 2.32. The molecule has 6 nitrogen and oxygen atoms in total. The molecule has 0 unspecified atom stereocenters. The second kappa shape index (κ2) is 3.65. The fourth-order valence-corrected chi connectivity index (χ4v) is 1.47. The van der Waals surface area contributed by atoms with E-state index in [4.69, 9.17) is 15.6 Å². The number of methoxy groups -OCH3 is 1. The minimum absolute atomic E-state index is 0.0885. The zero-order valence-electron chi connectivity index (χ0n) is 8.47. The lowest BCUT2D eigenvalue weighted by molar-refractivity contribution is 0.0693. The van der Waals surface area contributed by atoms with Gasteiger partial charge < -0.3 is 15.6 Å². The summed E-state index contributed by atoms with van der Waals surface area (Å²) in [6, 6.07) is 4.97. The largest absolute Gasteiger partial charge is 0.494 e. The van der Waals surface area contributed by atoms with Gasteiger partial charge >= 0.3 is 5.97 Å². The highest BCUT2D eigenvalue weighted by atomic mass is 16.5. The number of nitrogens with zero attached hydrogens (tertiary/aromatic N) is 2. The quantitative estimate of drug-likeness (QED) is 0.779. The summed E-state index contributed by atoms with van der Waals surface area (Å²) in [5.41, 5.74) is 5.72. The number of carboxylic acids is 1. The molecule has 1 aromatic carbocycles. The average molecular weight is 219 g/mol. The van der Waals surface area contributed by atoms with E-state index in [2.05, 4.69) is 9.97 Å². The summed E-state index contributed by atoms with van der Waals surface area (Å²) in [6.07, 6.45) is 0. The third kappa shape index (κ3) is 1.50. The summed E-state index contributed by atoms with van der Waals surface area (Å²) in [6.45, 7) is 0. The number of hydrogen-bond acceptors (Lipinski definition) is 5. The SMILES string of the molecule is COc1cccc2c(C(=O)O)nc(N)nc12. The number of para-hydroxylation sites is 1. The molecule has 6 heteroatoms. The molecule has 0 amide bonds. The molecular formula is C10H9N3O3. The molecule has 0 aliphatic rings. The van der Waals surface area contributed by atoms with Crippen LogP contribution in [0.2, 0.25) is 0 Å². The molecule has 0 bridgehead atoms. The normalized spacial score (nSPS) is 10.3. The molecule has 0 aliphatic carbocycles. The molecule has 2 aromatic rings. The number of ether oxygens (including phenoxy) is 1. The molecule has 0 aliphatic heterocycles. The van der Waals surface area contributed by atoms with Gasteiger partial charge in [-0.3, -0.25) is 0 Å². The van der Waals surface area contributed by atoms with E-state index in [-0.39, 0.29) is 11.6 Å². The summed E-state index contributed by atoms with van der Waals surface area (Å²) in [7, 11) is 1.48. The predicted octanol–water partition coefficient (Wildman–Crippen LogP) is 0.919. The molecule has 82 valence electrons. The molecule has 0 spiro atoms. The first-order valence-electron chi connectivity index (χ1n) is 4.47. The summed E-state index contributed by atoms with van der Waals surface area (Å²) in [4.78, 5) is 18.6. The molecule has 0 saturated carbocycles. The Bertz CT molecular complexity index is 568. The fourth-order valence-electron chi connectivity index (χ4n) is 1.47. The van der Waals surface area contributed by atoms with E-state index in [1.54, 1.807) is 18.2 Å². The zero-order chi connectivity index (χ0) is 11.7. The van der Waals surface area contributed by atoms with E-state index in [0.29, 0.717) is 16.7 Å². The van der Waals surface area contributed by atoms with Crippen LogP contribution in [0.5, 0.6) is 5.75 Å². The van der Waals surface area contributed by atoms with Crippen LogP contribution in [-0.2, 0) is 0 Å². The number of nitrogen functional groups attached to an aromatic ring is 1. The van der Waals surface area contributed by atoms with Gasteiger partial charge in [-0.1, -0.05) is 12.1 Å². The lowest BCUT2D eigenvalue weighted by Crippen LogP contribution is -2.06. The topological polar surface area (TPSA) is 98.3 Å². The molecule has 0 saturated heterocycles. The Morgan fingerprint density at radius 2 is 2.19 bits per heavy atom. The first-order valence-corrected chi connectivity index (χ1v) is 4.47. The van der Waals surface area contributed by atoms with Crippen LogP contribution in [0.15, 0.2) is 18.2 Å². The van der Waals surface area contributed by atoms with E-state index < -0.39 is 5.97 Å². The Balaban J connectivity index is 2.88. The maximum Gasteiger partial charge on any atom is 0.355 e. The standard InChI is InChI=1S/C10H9N3O3/c1-16-6-4-2-3-5-7(6)12-10(11)13-8(5)9(14)15/h2-4H,1H3,(H,14,15)(H2,11,12,13). The molecule has 1 heterocycles. The van der Waals surface area contributed by atoms with Gasteiger partial charge in [0.15, 0.2) is 5.69 Å². The van der Waals surface area contributed by atoms with Crippen molar-refractivity contribution in [2.45, 2.75) is 0 Å². The molecule has 1 aromatic heterocycles. The lowest BCUT2D eigenvalue weighted by atomic mass is 10.1. The average Bonchev–Trinajstić information content (AvgIpc) is 2.27. The molecular weight excluding hydrogens is 210 g/mol. The third-order valence-electron chi connectivity index (χ3n) is 2.13. The van der Waals surface area contributed by atoms with Gasteiger partial charge in [-0.2, -0.15) is 0 Å². The molecule has 0 radical (unpaired) electrons. The molecule has 16 heavy (non-hydrogen) atoms. The van der Waals surface area contributed by atoms with Crippen LogP contribution >= 0.6 is 0 Å². The molecule has 0 atom stereocenters. The molecule has 2 rings (SSSR count). The van der Waals surface area contributed by atoms with Crippen LogP contribution in [0.25, 0.3) is 10.9 Å². The number of carbonyl (C=O) groups is 1. The van der Waals surface area contributed by atoms with Crippen LogP contribution in [-0.4, -0.2) is 28.2 Å². The van der Waals surface area contributed by atoms with Crippen molar-refractivity contribution in [3.05, 3.63) is 23.9 Å². The Morgan fingerprint density at radius 3 is 2.81 bits per heavy atom. The number of hydrogen-bond donors (Lipinski definition) is 2. The monoisotopic (exact) mass is 219 g/mol. The van der Waals surface area contributed by atoms with Crippen LogP contribution < -0.4 is 10.5 Å². The van der Waals surface area contributed by atoms with Gasteiger partial charge in [-0.25, -0.2) is 14.8 Å². The summed E-state index contributed by atoms with van der Waals surface area (Å²) < 4.78 is 5.08. The smallest absolute Gasteiger partial charge is 0.355 e. The van der Waals surface area contributed by atoms with Crippen LogP contribution in [0.4, 0.5) is 5.95 Å². The van der Waals surface area contributed by atoms with Gasteiger partial charge in [-0.15, -0.1) is 0 Å². The number of benzene rings is 1. The van der Waals surface area contributed by atoms with Crippen molar-refractivity contribution in [1.29, 1.82) is 0 Å². The maximum absolute atomic E-state index is 11.0. The van der Waals surface area contributed by atoms with E-state index >= 15 is 0 Å². The number of aromatic carboxylic acids is 1. The first kappa shape index (κ1) is 10.2. The number of fused-ring (bicyclic) bond motifs is 1. The lowest BCUT2D eigenvalue weighted by Gasteiger charge is -2.06. The van der Waals surface area contributed by atoms with E-state index in [0.717, 1.165) is 0 Å².